The lowest BCUT2D eigenvalue weighted by molar-refractivity contribution is -0.131. The summed E-state index contributed by atoms with van der Waals surface area (Å²) in [6.07, 6.45) is 2.21. The highest BCUT2D eigenvalue weighted by atomic mass is 32.2. The zero-order chi connectivity index (χ0) is 23.8. The fourth-order valence-corrected chi connectivity index (χ4v) is 3.97. The van der Waals surface area contributed by atoms with E-state index in [9.17, 15) is 19.2 Å². The van der Waals surface area contributed by atoms with Gasteiger partial charge >= 0.3 is 5.97 Å². The smallest absolute Gasteiger partial charge is 0.328 e. The average molecular weight is 467 g/mol. The van der Waals surface area contributed by atoms with Gasteiger partial charge in [0.15, 0.2) is 0 Å². The number of carbonyl (C=O) groups is 4. The molecule has 3 rings (SSSR count). The molecule has 3 amide bonds. The number of thioether (sulfide) groups is 1. The quantitative estimate of drug-likeness (QED) is 0.405. The minimum atomic E-state index is -1.22. The molecule has 3 N–H and O–H groups in total. The molecular formula is C23H22N4O5S. The second-order valence-corrected chi connectivity index (χ2v) is 8.23. The molecular weight excluding hydrogens is 444 g/mol. The topological polar surface area (TPSA) is 128 Å². The first-order valence-corrected chi connectivity index (χ1v) is 11.0. The zero-order valence-corrected chi connectivity index (χ0v) is 18.5. The van der Waals surface area contributed by atoms with Gasteiger partial charge in [-0.3, -0.25) is 14.4 Å². The molecule has 2 aromatic rings. The third kappa shape index (κ3) is 6.78. The van der Waals surface area contributed by atoms with Crippen molar-refractivity contribution in [3.63, 3.8) is 0 Å². The Morgan fingerprint density at radius 1 is 1.12 bits per heavy atom. The van der Waals surface area contributed by atoms with Crippen LogP contribution in [0.2, 0.25) is 0 Å². The normalized spacial score (nSPS) is 14.2. The van der Waals surface area contributed by atoms with Crippen LogP contribution in [0.3, 0.4) is 0 Å². The van der Waals surface area contributed by atoms with E-state index in [4.69, 9.17) is 5.11 Å². The Morgan fingerprint density at radius 3 is 2.58 bits per heavy atom. The number of nitrogens with one attached hydrogen (secondary N) is 2. The Morgan fingerprint density at radius 2 is 1.88 bits per heavy atom. The Balaban J connectivity index is 1.63. The van der Waals surface area contributed by atoms with E-state index in [1.165, 1.54) is 16.8 Å². The van der Waals surface area contributed by atoms with Crippen LogP contribution in [0.4, 0.5) is 11.4 Å². The number of anilines is 2. The van der Waals surface area contributed by atoms with Crippen molar-refractivity contribution in [1.82, 2.24) is 5.32 Å². The van der Waals surface area contributed by atoms with Crippen LogP contribution in [0.1, 0.15) is 19.8 Å². The third-order valence-corrected chi connectivity index (χ3v) is 5.82. The number of carboxylic acids is 1. The van der Waals surface area contributed by atoms with Crippen molar-refractivity contribution in [2.75, 3.05) is 10.3 Å². The summed E-state index contributed by atoms with van der Waals surface area (Å²) in [7, 11) is 0. The first-order valence-electron chi connectivity index (χ1n) is 10.1. The molecule has 0 fully saturated rings. The first-order chi connectivity index (χ1) is 15.9. The molecule has 0 aliphatic carbocycles. The number of aliphatic carboxylic acids is 1. The molecule has 1 aliphatic rings. The van der Waals surface area contributed by atoms with Crippen LogP contribution >= 0.6 is 11.8 Å². The molecule has 0 saturated heterocycles. The number of hydrazone groups is 1. The van der Waals surface area contributed by atoms with Gasteiger partial charge in [-0.2, -0.15) is 10.1 Å². The number of rotatable bonds is 8. The van der Waals surface area contributed by atoms with E-state index in [0.29, 0.717) is 23.6 Å². The van der Waals surface area contributed by atoms with E-state index in [2.05, 4.69) is 15.7 Å². The van der Waals surface area contributed by atoms with Crippen molar-refractivity contribution >= 4 is 52.7 Å². The summed E-state index contributed by atoms with van der Waals surface area (Å²) in [5, 5.41) is 19.0. The molecule has 10 heteroatoms. The van der Waals surface area contributed by atoms with E-state index in [1.807, 2.05) is 13.0 Å². The Kier molecular flexibility index (Phi) is 7.98. The van der Waals surface area contributed by atoms with Crippen molar-refractivity contribution < 1.29 is 24.3 Å². The Hall–Kier alpha value is -3.92. The second-order valence-electron chi connectivity index (χ2n) is 6.96. The number of amidine groups is 1. The average Bonchev–Trinajstić information content (AvgIpc) is 3.16. The van der Waals surface area contributed by atoms with Gasteiger partial charge in [0, 0.05) is 22.7 Å². The van der Waals surface area contributed by atoms with Gasteiger partial charge in [0.2, 0.25) is 11.8 Å². The molecule has 1 aliphatic heterocycles. The molecule has 0 spiro atoms. The molecule has 33 heavy (non-hydrogen) atoms. The summed E-state index contributed by atoms with van der Waals surface area (Å²) in [6.45, 7) is 1.87. The summed E-state index contributed by atoms with van der Waals surface area (Å²) in [5.41, 5.74) is 1.10. The highest BCUT2D eigenvalue weighted by Gasteiger charge is 2.28. The first kappa shape index (κ1) is 23.7. The largest absolute Gasteiger partial charge is 0.478 e. The lowest BCUT2D eigenvalue weighted by Crippen LogP contribution is -2.36. The number of para-hydroxylation sites is 1. The van der Waals surface area contributed by atoms with Gasteiger partial charge in [-0.15, -0.1) is 11.8 Å². The van der Waals surface area contributed by atoms with Crippen LogP contribution in [-0.4, -0.2) is 39.9 Å². The molecule has 0 aromatic heterocycles. The number of amides is 3. The van der Waals surface area contributed by atoms with Crippen LogP contribution in [0.5, 0.6) is 0 Å². The van der Waals surface area contributed by atoms with E-state index in [-0.39, 0.29) is 18.2 Å². The van der Waals surface area contributed by atoms with Crippen molar-refractivity contribution in [1.29, 1.82) is 0 Å². The maximum Gasteiger partial charge on any atom is 0.328 e. The highest BCUT2D eigenvalue weighted by Crippen LogP contribution is 2.28. The fraction of sp³-hybridized carbons (Fsp3) is 0.174. The Labute approximate surface area is 194 Å². The summed E-state index contributed by atoms with van der Waals surface area (Å²) in [6, 6.07) is 15.9. The van der Waals surface area contributed by atoms with Crippen molar-refractivity contribution in [3.8, 4) is 0 Å². The Bertz CT molecular complexity index is 1120. The van der Waals surface area contributed by atoms with E-state index in [1.54, 1.807) is 48.5 Å². The SMILES string of the molecule is CCC(Sc1cccc(NC(=O)/C=C/C(=O)O)c1)C(=O)NC1=NN(c2ccccc2)C(=O)C1. The van der Waals surface area contributed by atoms with E-state index in [0.717, 1.165) is 17.0 Å². The predicted octanol–water partition coefficient (Wildman–Crippen LogP) is 3.00. The predicted molar refractivity (Wildman–Crippen MR) is 126 cm³/mol. The molecule has 1 atom stereocenters. The number of carboxylic acid groups (broad SMARTS) is 1. The van der Waals surface area contributed by atoms with Gasteiger partial charge in [0.25, 0.3) is 5.91 Å². The second kappa shape index (κ2) is 11.1. The summed E-state index contributed by atoms with van der Waals surface area (Å²) in [4.78, 5) is 48.2. The van der Waals surface area contributed by atoms with Gasteiger partial charge in [-0.1, -0.05) is 31.2 Å². The molecule has 170 valence electrons. The van der Waals surface area contributed by atoms with Crippen molar-refractivity contribution in [2.45, 2.75) is 29.9 Å². The van der Waals surface area contributed by atoms with Crippen LogP contribution < -0.4 is 15.6 Å². The number of benzene rings is 2. The van der Waals surface area contributed by atoms with Crippen molar-refractivity contribution in [2.24, 2.45) is 5.10 Å². The summed E-state index contributed by atoms with van der Waals surface area (Å²) >= 11 is 1.31. The van der Waals surface area contributed by atoms with Crippen LogP contribution in [-0.2, 0) is 19.2 Å². The minimum Gasteiger partial charge on any atom is -0.478 e. The van der Waals surface area contributed by atoms with E-state index >= 15 is 0 Å². The monoisotopic (exact) mass is 466 g/mol. The molecule has 0 radical (unpaired) electrons. The standard InChI is InChI=1S/C23H22N4O5S/c1-2-18(33-17-10-6-7-15(13-17)24-20(28)11-12-22(30)31)23(32)25-19-14-21(29)27(26-19)16-8-4-3-5-9-16/h3-13,18H,2,14H2,1H3,(H,24,28)(H,30,31)(H,25,26,32)/b12-11+. The fourth-order valence-electron chi connectivity index (χ4n) is 2.96. The van der Waals surface area contributed by atoms with Gasteiger partial charge < -0.3 is 15.7 Å². The molecule has 9 nitrogen and oxygen atoms in total. The van der Waals surface area contributed by atoms with Gasteiger partial charge in [0.05, 0.1) is 17.4 Å². The third-order valence-electron chi connectivity index (χ3n) is 4.46. The molecule has 2 aromatic carbocycles. The number of hydrogen-bond donors (Lipinski definition) is 3. The number of nitrogens with zero attached hydrogens (tertiary/aromatic N) is 2. The molecule has 1 unspecified atom stereocenters. The minimum absolute atomic E-state index is 0.00706. The lowest BCUT2D eigenvalue weighted by atomic mass is 10.3. The van der Waals surface area contributed by atoms with Crippen molar-refractivity contribution in [3.05, 3.63) is 66.7 Å². The number of hydrogen-bond acceptors (Lipinski definition) is 6. The number of carbonyl (C=O) groups excluding carboxylic acids is 3. The summed E-state index contributed by atoms with van der Waals surface area (Å²) < 4.78 is 0. The highest BCUT2D eigenvalue weighted by molar-refractivity contribution is 8.00. The van der Waals surface area contributed by atoms with Crippen LogP contribution in [0, 0.1) is 0 Å². The maximum absolute atomic E-state index is 12.8. The maximum atomic E-state index is 12.8. The lowest BCUT2D eigenvalue weighted by Gasteiger charge is -2.15. The van der Waals surface area contributed by atoms with Gasteiger partial charge in [0.1, 0.15) is 5.84 Å². The van der Waals surface area contributed by atoms with Crippen LogP contribution in [0.15, 0.2) is 76.7 Å². The molecule has 1 heterocycles. The van der Waals surface area contributed by atoms with Crippen LogP contribution in [0.25, 0.3) is 0 Å². The zero-order valence-electron chi connectivity index (χ0n) is 17.7. The van der Waals surface area contributed by atoms with E-state index < -0.39 is 17.1 Å². The van der Waals surface area contributed by atoms with Gasteiger partial charge in [-0.25, -0.2) is 4.79 Å². The summed E-state index contributed by atoms with van der Waals surface area (Å²) in [5.74, 6) is -2.00. The van der Waals surface area contributed by atoms with Gasteiger partial charge in [-0.05, 0) is 36.8 Å². The molecule has 0 bridgehead atoms. The molecule has 0 saturated carbocycles.